The van der Waals surface area contributed by atoms with Crippen LogP contribution >= 0.6 is 23.2 Å². The van der Waals surface area contributed by atoms with Gasteiger partial charge in [0.2, 0.25) is 0 Å². The van der Waals surface area contributed by atoms with Gasteiger partial charge in [-0.2, -0.15) is 0 Å². The molecule has 0 saturated carbocycles. The molecule has 0 spiro atoms. The van der Waals surface area contributed by atoms with E-state index in [2.05, 4.69) is 0 Å². The van der Waals surface area contributed by atoms with Crippen molar-refractivity contribution in [3.63, 3.8) is 0 Å². The number of rotatable bonds is 4. The average molecular weight is 369 g/mol. The summed E-state index contributed by atoms with van der Waals surface area (Å²) in [4.78, 5) is 4.71. The van der Waals surface area contributed by atoms with Gasteiger partial charge < -0.3 is 9.14 Å². The third-order valence-corrected chi connectivity index (χ3v) is 4.66. The fraction of sp³-hybridized carbons (Fsp3) is 0.0500. The molecule has 0 bridgehead atoms. The molecule has 0 fully saturated rings. The summed E-state index contributed by atoms with van der Waals surface area (Å²) in [5, 5.41) is 1.18. The number of benzene rings is 2. The molecule has 0 atom stereocenters. The first kappa shape index (κ1) is 16.0. The molecule has 4 aromatic rings. The predicted molar refractivity (Wildman–Crippen MR) is 101 cm³/mol. The van der Waals surface area contributed by atoms with Gasteiger partial charge in [0.25, 0.3) is 0 Å². The van der Waals surface area contributed by atoms with E-state index in [4.69, 9.17) is 32.9 Å². The Morgan fingerprint density at radius 2 is 1.64 bits per heavy atom. The lowest BCUT2D eigenvalue weighted by Crippen LogP contribution is -1.99. The van der Waals surface area contributed by atoms with Gasteiger partial charge in [0.1, 0.15) is 6.61 Å². The Bertz CT molecular complexity index is 1010. The van der Waals surface area contributed by atoms with E-state index >= 15 is 0 Å². The maximum absolute atomic E-state index is 6.21. The number of ether oxygens (including phenoxy) is 1. The van der Waals surface area contributed by atoms with Crippen molar-refractivity contribution in [2.24, 2.45) is 0 Å². The third-order valence-electron chi connectivity index (χ3n) is 3.95. The first-order valence-electron chi connectivity index (χ1n) is 7.81. The second kappa shape index (κ2) is 6.79. The fourth-order valence-corrected chi connectivity index (χ4v) is 3.17. The molecule has 0 amide bonds. The zero-order valence-electron chi connectivity index (χ0n) is 13.2. The second-order valence-electron chi connectivity index (χ2n) is 5.58. The van der Waals surface area contributed by atoms with Crippen LogP contribution in [0.5, 0.6) is 5.75 Å². The van der Waals surface area contributed by atoms with E-state index in [1.165, 1.54) is 0 Å². The van der Waals surface area contributed by atoms with Crippen molar-refractivity contribution >= 4 is 28.8 Å². The highest BCUT2D eigenvalue weighted by Crippen LogP contribution is 2.28. The predicted octanol–water partition coefficient (Wildman–Crippen LogP) is 5.89. The molecule has 0 aliphatic rings. The number of halogens is 2. The minimum atomic E-state index is 0.283. The normalized spacial score (nSPS) is 11.0. The molecule has 0 N–H and O–H groups in total. The number of pyridine rings is 1. The van der Waals surface area contributed by atoms with E-state index in [0.29, 0.717) is 15.8 Å². The van der Waals surface area contributed by atoms with Gasteiger partial charge in [-0.1, -0.05) is 59.6 Å². The van der Waals surface area contributed by atoms with Gasteiger partial charge >= 0.3 is 0 Å². The van der Waals surface area contributed by atoms with Crippen LogP contribution in [0.25, 0.3) is 16.9 Å². The van der Waals surface area contributed by atoms with Crippen LogP contribution in [0.4, 0.5) is 0 Å². The van der Waals surface area contributed by atoms with Gasteiger partial charge in [0.15, 0.2) is 11.4 Å². The molecule has 124 valence electrons. The van der Waals surface area contributed by atoms with Crippen LogP contribution in [0, 0.1) is 0 Å². The fourth-order valence-electron chi connectivity index (χ4n) is 2.67. The number of hydrogen-bond donors (Lipinski definition) is 0. The van der Waals surface area contributed by atoms with E-state index in [1.54, 1.807) is 12.1 Å². The summed E-state index contributed by atoms with van der Waals surface area (Å²) >= 11 is 12.4. The Morgan fingerprint density at radius 1 is 0.880 bits per heavy atom. The topological polar surface area (TPSA) is 26.5 Å². The van der Waals surface area contributed by atoms with Crippen LogP contribution in [0.15, 0.2) is 73.1 Å². The van der Waals surface area contributed by atoms with E-state index in [0.717, 1.165) is 22.5 Å². The minimum absolute atomic E-state index is 0.283. The van der Waals surface area contributed by atoms with E-state index in [9.17, 15) is 0 Å². The zero-order chi connectivity index (χ0) is 17.2. The number of aromatic nitrogens is 2. The molecule has 0 aliphatic heterocycles. The lowest BCUT2D eigenvalue weighted by molar-refractivity contribution is 0.308. The standard InChI is InChI=1S/C20H14Cl2N2O/c21-16-8-4-9-17(22)15(16)13-25-19-10-5-11-24-12-18(23-20(19)24)14-6-2-1-3-7-14/h1-12H,13H2. The van der Waals surface area contributed by atoms with Crippen molar-refractivity contribution in [3.05, 3.63) is 88.7 Å². The third kappa shape index (κ3) is 3.21. The molecule has 2 aromatic heterocycles. The van der Waals surface area contributed by atoms with Crippen LogP contribution in [0.2, 0.25) is 10.0 Å². The SMILES string of the molecule is Clc1cccc(Cl)c1COc1cccn2cc(-c3ccccc3)nc12. The van der Waals surface area contributed by atoms with Crippen molar-refractivity contribution in [2.75, 3.05) is 0 Å². The summed E-state index contributed by atoms with van der Waals surface area (Å²) in [5.41, 5.74) is 3.48. The van der Waals surface area contributed by atoms with Crippen LogP contribution < -0.4 is 4.74 Å². The molecule has 3 nitrogen and oxygen atoms in total. The van der Waals surface area contributed by atoms with Crippen LogP contribution in [0.1, 0.15) is 5.56 Å². The second-order valence-corrected chi connectivity index (χ2v) is 6.40. The molecule has 0 radical (unpaired) electrons. The minimum Gasteiger partial charge on any atom is -0.485 e. The molecular formula is C20H14Cl2N2O. The number of hydrogen-bond acceptors (Lipinski definition) is 2. The lowest BCUT2D eigenvalue weighted by atomic mass is 10.2. The Labute approximate surface area is 155 Å². The highest BCUT2D eigenvalue weighted by molar-refractivity contribution is 6.35. The number of imidazole rings is 1. The summed E-state index contributed by atoms with van der Waals surface area (Å²) in [6, 6.07) is 19.3. The lowest BCUT2D eigenvalue weighted by Gasteiger charge is -2.10. The highest BCUT2D eigenvalue weighted by Gasteiger charge is 2.11. The summed E-state index contributed by atoms with van der Waals surface area (Å²) in [7, 11) is 0. The van der Waals surface area contributed by atoms with Gasteiger partial charge in [0, 0.05) is 33.6 Å². The van der Waals surface area contributed by atoms with Crippen molar-refractivity contribution in [2.45, 2.75) is 6.61 Å². The van der Waals surface area contributed by atoms with E-state index < -0.39 is 0 Å². The quantitative estimate of drug-likeness (QED) is 0.449. The molecule has 0 unspecified atom stereocenters. The molecular weight excluding hydrogens is 355 g/mol. The molecule has 4 rings (SSSR count). The largest absolute Gasteiger partial charge is 0.485 e. The van der Waals surface area contributed by atoms with Gasteiger partial charge in [-0.15, -0.1) is 0 Å². The Morgan fingerprint density at radius 3 is 2.40 bits per heavy atom. The van der Waals surface area contributed by atoms with Crippen molar-refractivity contribution < 1.29 is 4.74 Å². The maximum atomic E-state index is 6.21. The summed E-state index contributed by atoms with van der Waals surface area (Å²) < 4.78 is 7.91. The molecule has 5 heteroatoms. The first-order chi connectivity index (χ1) is 12.2. The molecule has 0 saturated heterocycles. The monoisotopic (exact) mass is 368 g/mol. The van der Waals surface area contributed by atoms with Crippen molar-refractivity contribution in [1.82, 2.24) is 9.38 Å². The van der Waals surface area contributed by atoms with Crippen LogP contribution in [-0.4, -0.2) is 9.38 Å². The summed E-state index contributed by atoms with van der Waals surface area (Å²) in [6.45, 7) is 0.283. The highest BCUT2D eigenvalue weighted by atomic mass is 35.5. The molecule has 2 heterocycles. The molecule has 25 heavy (non-hydrogen) atoms. The van der Waals surface area contributed by atoms with E-state index in [1.807, 2.05) is 65.3 Å². The van der Waals surface area contributed by atoms with Crippen LogP contribution in [-0.2, 0) is 6.61 Å². The molecule has 2 aromatic carbocycles. The summed E-state index contributed by atoms with van der Waals surface area (Å²) in [6.07, 6.45) is 3.93. The maximum Gasteiger partial charge on any atom is 0.180 e. The number of nitrogens with zero attached hydrogens (tertiary/aromatic N) is 2. The van der Waals surface area contributed by atoms with E-state index in [-0.39, 0.29) is 6.61 Å². The van der Waals surface area contributed by atoms with Crippen molar-refractivity contribution in [1.29, 1.82) is 0 Å². The van der Waals surface area contributed by atoms with Crippen molar-refractivity contribution in [3.8, 4) is 17.0 Å². The Balaban J connectivity index is 1.67. The van der Waals surface area contributed by atoms with Gasteiger partial charge in [-0.05, 0) is 24.3 Å². The first-order valence-corrected chi connectivity index (χ1v) is 8.57. The van der Waals surface area contributed by atoms with Crippen LogP contribution in [0.3, 0.4) is 0 Å². The Hall–Kier alpha value is -2.49. The molecule has 0 aliphatic carbocycles. The van der Waals surface area contributed by atoms with Gasteiger partial charge in [-0.25, -0.2) is 4.98 Å². The smallest absolute Gasteiger partial charge is 0.180 e. The zero-order valence-corrected chi connectivity index (χ0v) is 14.7. The average Bonchev–Trinajstić information content (AvgIpc) is 3.07. The van der Waals surface area contributed by atoms with Gasteiger partial charge in [-0.3, -0.25) is 0 Å². The summed E-state index contributed by atoms with van der Waals surface area (Å²) in [5.74, 6) is 0.681. The van der Waals surface area contributed by atoms with Gasteiger partial charge in [0.05, 0.1) is 5.69 Å². The Kier molecular flexibility index (Phi) is 4.35. The number of fused-ring (bicyclic) bond motifs is 1.